The fraction of sp³-hybridized carbons (Fsp3) is 0.200. The third-order valence-electron chi connectivity index (χ3n) is 5.37. The second kappa shape index (κ2) is 9.79. The first kappa shape index (κ1) is 22.4. The van der Waals surface area contributed by atoms with Crippen LogP contribution in [0.5, 0.6) is 0 Å². The quantitative estimate of drug-likeness (QED) is 0.421. The number of hydrogen-bond donors (Lipinski definition) is 1. The fourth-order valence-electron chi connectivity index (χ4n) is 3.46. The minimum Gasteiger partial charge on any atom is -0.465 e. The molecule has 0 saturated heterocycles. The summed E-state index contributed by atoms with van der Waals surface area (Å²) in [6.45, 7) is 2.58. The van der Waals surface area contributed by atoms with Gasteiger partial charge in [0, 0.05) is 30.5 Å². The molecule has 0 saturated carbocycles. The number of fused-ring (bicyclic) bond motifs is 1. The molecule has 0 fully saturated rings. The maximum absolute atomic E-state index is 13.1. The molecule has 2 aromatic heterocycles. The molecule has 168 valence electrons. The number of rotatable bonds is 7. The highest BCUT2D eigenvalue weighted by molar-refractivity contribution is 7.17. The molecule has 0 spiro atoms. The molecule has 8 heteroatoms. The van der Waals surface area contributed by atoms with Crippen LogP contribution in [0.2, 0.25) is 0 Å². The van der Waals surface area contributed by atoms with Crippen molar-refractivity contribution < 1.29 is 14.3 Å². The highest BCUT2D eigenvalue weighted by Gasteiger charge is 2.14. The lowest BCUT2D eigenvalue weighted by molar-refractivity contribution is -0.121. The van der Waals surface area contributed by atoms with Crippen LogP contribution in [0, 0.1) is 6.92 Å². The molecule has 0 aliphatic rings. The molecule has 4 aromatic rings. The number of hydrogen-bond acceptors (Lipinski definition) is 6. The van der Waals surface area contributed by atoms with Crippen molar-refractivity contribution in [2.45, 2.75) is 26.4 Å². The van der Waals surface area contributed by atoms with Crippen LogP contribution in [0.25, 0.3) is 21.3 Å². The van der Waals surface area contributed by atoms with E-state index < -0.39 is 5.97 Å². The van der Waals surface area contributed by atoms with Gasteiger partial charge in [-0.25, -0.2) is 9.78 Å². The zero-order valence-electron chi connectivity index (χ0n) is 18.3. The maximum atomic E-state index is 13.1. The molecule has 1 amide bonds. The Morgan fingerprint density at radius 1 is 1.09 bits per heavy atom. The lowest BCUT2D eigenvalue weighted by Gasteiger charge is -2.08. The lowest BCUT2D eigenvalue weighted by Crippen LogP contribution is -2.27. The normalized spacial score (nSPS) is 10.8. The molecule has 0 aliphatic heterocycles. The monoisotopic (exact) mass is 461 g/mol. The summed E-state index contributed by atoms with van der Waals surface area (Å²) in [5.74, 6) is -0.583. The number of carbonyl (C=O) groups excluding carboxylic acids is 2. The number of aryl methyl sites for hydroxylation is 2. The van der Waals surface area contributed by atoms with Crippen LogP contribution < -0.4 is 10.9 Å². The molecular formula is C25H23N3O4S. The summed E-state index contributed by atoms with van der Waals surface area (Å²) in [5.41, 5.74) is 4.15. The first-order chi connectivity index (χ1) is 16.0. The second-order valence-corrected chi connectivity index (χ2v) is 8.51. The Labute approximate surface area is 194 Å². The van der Waals surface area contributed by atoms with E-state index in [9.17, 15) is 14.4 Å². The number of nitrogens with one attached hydrogen (secondary N) is 1. The van der Waals surface area contributed by atoms with Crippen LogP contribution >= 0.6 is 11.3 Å². The van der Waals surface area contributed by atoms with Crippen LogP contribution in [0.4, 0.5) is 0 Å². The van der Waals surface area contributed by atoms with Gasteiger partial charge in [0.05, 0.1) is 24.4 Å². The van der Waals surface area contributed by atoms with Crippen LogP contribution in [0.3, 0.4) is 0 Å². The predicted molar refractivity (Wildman–Crippen MR) is 128 cm³/mol. The van der Waals surface area contributed by atoms with Crippen molar-refractivity contribution in [3.63, 3.8) is 0 Å². The Bertz CT molecular complexity index is 1360. The molecule has 1 N–H and O–H groups in total. The van der Waals surface area contributed by atoms with Gasteiger partial charge in [0.15, 0.2) is 0 Å². The van der Waals surface area contributed by atoms with Crippen molar-refractivity contribution in [1.82, 2.24) is 14.9 Å². The number of amides is 1. The maximum Gasteiger partial charge on any atom is 0.337 e. The van der Waals surface area contributed by atoms with E-state index in [1.54, 1.807) is 24.3 Å². The summed E-state index contributed by atoms with van der Waals surface area (Å²) in [6, 6.07) is 14.9. The molecule has 0 unspecified atom stereocenters. The van der Waals surface area contributed by atoms with Crippen molar-refractivity contribution in [2.24, 2.45) is 0 Å². The van der Waals surface area contributed by atoms with Gasteiger partial charge in [0.2, 0.25) is 5.91 Å². The number of methoxy groups -OCH3 is 1. The van der Waals surface area contributed by atoms with Crippen LogP contribution in [-0.2, 0) is 22.6 Å². The zero-order chi connectivity index (χ0) is 23.4. The first-order valence-corrected chi connectivity index (χ1v) is 11.3. The van der Waals surface area contributed by atoms with E-state index in [1.165, 1.54) is 29.3 Å². The summed E-state index contributed by atoms with van der Waals surface area (Å²) in [5, 5.41) is 5.37. The van der Waals surface area contributed by atoms with Gasteiger partial charge < -0.3 is 10.1 Å². The van der Waals surface area contributed by atoms with Crippen molar-refractivity contribution in [2.75, 3.05) is 7.11 Å². The van der Waals surface area contributed by atoms with Gasteiger partial charge in [-0.1, -0.05) is 42.0 Å². The summed E-state index contributed by atoms with van der Waals surface area (Å²) in [7, 11) is 1.33. The van der Waals surface area contributed by atoms with E-state index in [0.717, 1.165) is 22.3 Å². The van der Waals surface area contributed by atoms with Crippen molar-refractivity contribution >= 4 is 33.4 Å². The predicted octanol–water partition coefficient (Wildman–Crippen LogP) is 3.93. The van der Waals surface area contributed by atoms with Crippen LogP contribution in [0.1, 0.15) is 27.9 Å². The van der Waals surface area contributed by atoms with E-state index in [2.05, 4.69) is 15.0 Å². The number of esters is 1. The number of thiophene rings is 1. The van der Waals surface area contributed by atoms with E-state index >= 15 is 0 Å². The third-order valence-corrected chi connectivity index (χ3v) is 6.25. The highest BCUT2D eigenvalue weighted by Crippen LogP contribution is 2.30. The molecule has 0 atom stereocenters. The number of carbonyl (C=O) groups is 2. The van der Waals surface area contributed by atoms with E-state index in [0.29, 0.717) is 22.3 Å². The topological polar surface area (TPSA) is 90.3 Å². The van der Waals surface area contributed by atoms with Gasteiger partial charge in [-0.15, -0.1) is 11.3 Å². The molecule has 7 nitrogen and oxygen atoms in total. The average Bonchev–Trinajstić information content (AvgIpc) is 3.27. The van der Waals surface area contributed by atoms with Crippen LogP contribution in [-0.4, -0.2) is 28.5 Å². The molecule has 33 heavy (non-hydrogen) atoms. The molecular weight excluding hydrogens is 438 g/mol. The van der Waals surface area contributed by atoms with Gasteiger partial charge in [0.25, 0.3) is 5.56 Å². The Hall–Kier alpha value is -3.78. The standard InChI is InChI=1S/C25H23N3O4S/c1-16-3-7-18(8-4-16)20-14-33-23-22(20)24(30)28(15-27-23)12-11-21(29)26-13-17-5-9-19(10-6-17)25(31)32-2/h3-10,14-15H,11-13H2,1-2H3,(H,26,29). The Morgan fingerprint density at radius 2 is 1.82 bits per heavy atom. The minimum atomic E-state index is -0.405. The van der Waals surface area contributed by atoms with Crippen molar-refractivity contribution in [1.29, 1.82) is 0 Å². The van der Waals surface area contributed by atoms with Gasteiger partial charge >= 0.3 is 5.97 Å². The molecule has 0 aliphatic carbocycles. The average molecular weight is 462 g/mol. The summed E-state index contributed by atoms with van der Waals surface area (Å²) in [4.78, 5) is 42.1. The zero-order valence-corrected chi connectivity index (χ0v) is 19.1. The first-order valence-electron chi connectivity index (χ1n) is 10.4. The summed E-state index contributed by atoms with van der Waals surface area (Å²) in [6.07, 6.45) is 1.65. The Morgan fingerprint density at radius 3 is 2.52 bits per heavy atom. The number of nitrogens with zero attached hydrogens (tertiary/aromatic N) is 2. The molecule has 0 bridgehead atoms. The van der Waals surface area contributed by atoms with Gasteiger partial charge in [-0.2, -0.15) is 0 Å². The summed E-state index contributed by atoms with van der Waals surface area (Å²) < 4.78 is 6.16. The number of benzene rings is 2. The second-order valence-electron chi connectivity index (χ2n) is 7.65. The molecule has 4 rings (SSSR count). The van der Waals surface area contributed by atoms with E-state index in [-0.39, 0.29) is 24.4 Å². The van der Waals surface area contributed by atoms with Gasteiger partial charge in [-0.05, 0) is 30.2 Å². The summed E-state index contributed by atoms with van der Waals surface area (Å²) >= 11 is 1.44. The molecule has 0 radical (unpaired) electrons. The minimum absolute atomic E-state index is 0.150. The fourth-order valence-corrected chi connectivity index (χ4v) is 4.37. The lowest BCUT2D eigenvalue weighted by atomic mass is 10.1. The van der Waals surface area contributed by atoms with E-state index in [1.807, 2.05) is 36.6 Å². The largest absolute Gasteiger partial charge is 0.465 e. The van der Waals surface area contributed by atoms with E-state index in [4.69, 9.17) is 0 Å². The molecule has 2 aromatic carbocycles. The SMILES string of the molecule is COC(=O)c1ccc(CNC(=O)CCn2cnc3scc(-c4ccc(C)cc4)c3c2=O)cc1. The van der Waals surface area contributed by atoms with Crippen molar-refractivity contribution in [3.05, 3.63) is 87.3 Å². The Kier molecular flexibility index (Phi) is 6.65. The number of aromatic nitrogens is 2. The van der Waals surface area contributed by atoms with Gasteiger partial charge in [0.1, 0.15) is 4.83 Å². The Balaban J connectivity index is 1.42. The smallest absolute Gasteiger partial charge is 0.337 e. The van der Waals surface area contributed by atoms with Crippen molar-refractivity contribution in [3.8, 4) is 11.1 Å². The number of ether oxygens (including phenoxy) is 1. The van der Waals surface area contributed by atoms with Gasteiger partial charge in [-0.3, -0.25) is 14.2 Å². The van der Waals surface area contributed by atoms with Crippen LogP contribution in [0.15, 0.2) is 65.0 Å². The highest BCUT2D eigenvalue weighted by atomic mass is 32.1. The third kappa shape index (κ3) is 5.01. The molecule has 2 heterocycles.